The van der Waals surface area contributed by atoms with Gasteiger partial charge >= 0.3 is 0 Å². The van der Waals surface area contributed by atoms with Gasteiger partial charge in [0, 0.05) is 42.5 Å². The maximum atomic E-state index is 13.2. The Bertz CT molecular complexity index is 774. The molecule has 3 unspecified atom stereocenters. The van der Waals surface area contributed by atoms with Crippen molar-refractivity contribution in [1.29, 1.82) is 0 Å². The number of rotatable bonds is 6. The second-order valence-electron chi connectivity index (χ2n) is 10.3. The summed E-state index contributed by atoms with van der Waals surface area (Å²) in [6.07, 6.45) is 5.58. The summed E-state index contributed by atoms with van der Waals surface area (Å²) in [5.74, 6) is 0.624. The van der Waals surface area contributed by atoms with E-state index in [2.05, 4.69) is 25.7 Å². The van der Waals surface area contributed by atoms with Crippen molar-refractivity contribution in [3.63, 3.8) is 0 Å². The number of likely N-dealkylation sites (tertiary alicyclic amines) is 1. The van der Waals surface area contributed by atoms with Crippen LogP contribution >= 0.6 is 0 Å². The maximum Gasteiger partial charge on any atom is 0.254 e. The molecule has 6 heteroatoms. The maximum absolute atomic E-state index is 13.2. The van der Waals surface area contributed by atoms with Crippen molar-refractivity contribution >= 4 is 17.2 Å². The molecule has 0 N–H and O–H groups in total. The fraction of sp³-hybridized carbons (Fsp3) is 0.682. The van der Waals surface area contributed by atoms with E-state index >= 15 is 0 Å². The summed E-state index contributed by atoms with van der Waals surface area (Å²) in [7, 11) is 0. The second-order valence-corrected chi connectivity index (χ2v) is 11.3. The molecule has 0 radical (unpaired) electrons. The lowest BCUT2D eigenvalue weighted by molar-refractivity contribution is 0.0708. The van der Waals surface area contributed by atoms with Gasteiger partial charge in [0.05, 0.1) is 0 Å². The van der Waals surface area contributed by atoms with Gasteiger partial charge in [-0.05, 0) is 66.5 Å². The highest BCUT2D eigenvalue weighted by Crippen LogP contribution is 2.52. The Morgan fingerprint density at radius 3 is 2.50 bits per heavy atom. The first-order valence-corrected chi connectivity index (χ1v) is 11.4. The van der Waals surface area contributed by atoms with E-state index in [0.29, 0.717) is 30.6 Å². The van der Waals surface area contributed by atoms with Crippen LogP contribution in [-0.2, 0) is 17.8 Å². The summed E-state index contributed by atoms with van der Waals surface area (Å²) < 4.78 is 24.4. The van der Waals surface area contributed by atoms with Crippen LogP contribution in [0.4, 0.5) is 0 Å². The molecule has 1 aromatic carbocycles. The third-order valence-electron chi connectivity index (χ3n) is 6.61. The van der Waals surface area contributed by atoms with E-state index in [1.54, 1.807) is 0 Å². The highest BCUT2D eigenvalue weighted by Gasteiger charge is 2.51. The number of fused-ring (bicyclic) bond motifs is 2. The normalized spacial score (nSPS) is 29.9. The van der Waals surface area contributed by atoms with Crippen LogP contribution in [-0.4, -0.2) is 43.0 Å². The van der Waals surface area contributed by atoms with E-state index in [-0.39, 0.29) is 16.7 Å². The average molecular weight is 404 g/mol. The molecule has 3 fully saturated rings. The first-order chi connectivity index (χ1) is 13.1. The standard InChI is InChI=1S/C22H32N2O3S/c1-21(2)10-19-11-22(3,14-21)15-24(19)20(25)18-8-6-17(7-9-18)13-23(28(26)27)12-16-4-5-16/h6-9,16,19H,4-5,10-15H2,1-3H3,(H,26,27)/p-1. The molecule has 0 aromatic heterocycles. The van der Waals surface area contributed by atoms with Gasteiger partial charge in [0.1, 0.15) is 0 Å². The van der Waals surface area contributed by atoms with E-state index in [4.69, 9.17) is 0 Å². The van der Waals surface area contributed by atoms with E-state index in [1.807, 2.05) is 24.3 Å². The third-order valence-corrected chi connectivity index (χ3v) is 7.30. The van der Waals surface area contributed by atoms with Crippen LogP contribution in [0.15, 0.2) is 24.3 Å². The number of carbonyl (C=O) groups is 1. The minimum atomic E-state index is -2.21. The van der Waals surface area contributed by atoms with Crippen LogP contribution in [0.3, 0.4) is 0 Å². The Balaban J connectivity index is 1.44. The van der Waals surface area contributed by atoms with Gasteiger partial charge in [0.25, 0.3) is 5.91 Å². The lowest BCUT2D eigenvalue weighted by atomic mass is 9.65. The number of hydrogen-bond donors (Lipinski definition) is 0. The number of nitrogens with zero attached hydrogens (tertiary/aromatic N) is 2. The van der Waals surface area contributed by atoms with Crippen molar-refractivity contribution in [3.8, 4) is 0 Å². The molecule has 1 heterocycles. The molecule has 0 spiro atoms. The van der Waals surface area contributed by atoms with Crippen LogP contribution in [0.5, 0.6) is 0 Å². The summed E-state index contributed by atoms with van der Waals surface area (Å²) in [5, 5.41) is 0. The minimum absolute atomic E-state index is 0.111. The van der Waals surface area contributed by atoms with Crippen molar-refractivity contribution in [2.24, 2.45) is 16.7 Å². The van der Waals surface area contributed by atoms with Crippen LogP contribution in [0.25, 0.3) is 0 Å². The van der Waals surface area contributed by atoms with Gasteiger partial charge in [-0.3, -0.25) is 9.00 Å². The van der Waals surface area contributed by atoms with Gasteiger partial charge < -0.3 is 9.45 Å². The van der Waals surface area contributed by atoms with E-state index in [9.17, 15) is 13.6 Å². The van der Waals surface area contributed by atoms with Crippen LogP contribution < -0.4 is 0 Å². The molecule has 1 amide bonds. The molecular weight excluding hydrogens is 372 g/mol. The Kier molecular flexibility index (Phi) is 5.17. The third kappa shape index (κ3) is 4.34. The summed E-state index contributed by atoms with van der Waals surface area (Å²) in [6, 6.07) is 7.84. The van der Waals surface area contributed by atoms with Crippen molar-refractivity contribution in [1.82, 2.24) is 9.21 Å². The van der Waals surface area contributed by atoms with Crippen molar-refractivity contribution < 1.29 is 13.6 Å². The van der Waals surface area contributed by atoms with Crippen LogP contribution in [0.2, 0.25) is 0 Å². The Hall–Kier alpha value is -1.24. The van der Waals surface area contributed by atoms with Crippen molar-refractivity contribution in [2.75, 3.05) is 13.1 Å². The minimum Gasteiger partial charge on any atom is -0.760 e. The quantitative estimate of drug-likeness (QED) is 0.680. The van der Waals surface area contributed by atoms with Crippen molar-refractivity contribution in [2.45, 2.75) is 65.5 Å². The van der Waals surface area contributed by atoms with E-state index < -0.39 is 11.3 Å². The zero-order valence-corrected chi connectivity index (χ0v) is 18.0. The molecule has 154 valence electrons. The zero-order chi connectivity index (χ0) is 20.1. The predicted octanol–water partition coefficient (Wildman–Crippen LogP) is 3.73. The first-order valence-electron chi connectivity index (χ1n) is 10.4. The summed E-state index contributed by atoms with van der Waals surface area (Å²) >= 11 is -2.21. The smallest absolute Gasteiger partial charge is 0.254 e. The first kappa shape index (κ1) is 20.0. The molecule has 2 saturated carbocycles. The molecule has 4 rings (SSSR count). The van der Waals surface area contributed by atoms with Gasteiger partial charge in [-0.2, -0.15) is 0 Å². The predicted molar refractivity (Wildman–Crippen MR) is 109 cm³/mol. The average Bonchev–Trinajstić information content (AvgIpc) is 3.37. The highest BCUT2D eigenvalue weighted by atomic mass is 32.2. The largest absolute Gasteiger partial charge is 0.760 e. The van der Waals surface area contributed by atoms with Crippen LogP contribution in [0.1, 0.15) is 68.8 Å². The molecule has 2 bridgehead atoms. The monoisotopic (exact) mass is 403 g/mol. The number of hydrogen-bond acceptors (Lipinski definition) is 3. The highest BCUT2D eigenvalue weighted by molar-refractivity contribution is 7.76. The van der Waals surface area contributed by atoms with Crippen LogP contribution in [0, 0.1) is 16.7 Å². The van der Waals surface area contributed by atoms with Gasteiger partial charge in [0.2, 0.25) is 0 Å². The van der Waals surface area contributed by atoms with E-state index in [0.717, 1.165) is 37.8 Å². The molecule has 1 aromatic rings. The SMILES string of the molecule is CC1(C)CC2CC(C)(CN2C(=O)c2ccc(CN(CC3CC3)S(=O)[O-])cc2)C1. The lowest BCUT2D eigenvalue weighted by Gasteiger charge is -2.39. The number of amides is 1. The molecule has 3 atom stereocenters. The molecule has 1 aliphatic heterocycles. The fourth-order valence-corrected chi connectivity index (χ4v) is 6.17. The fourth-order valence-electron chi connectivity index (χ4n) is 5.59. The lowest BCUT2D eigenvalue weighted by Crippen LogP contribution is -2.37. The topological polar surface area (TPSA) is 63.7 Å². The van der Waals surface area contributed by atoms with Crippen molar-refractivity contribution in [3.05, 3.63) is 35.4 Å². The molecular formula is C22H31N2O3S-. The number of benzene rings is 1. The zero-order valence-electron chi connectivity index (χ0n) is 17.1. The van der Waals surface area contributed by atoms with E-state index in [1.165, 1.54) is 10.7 Å². The molecule has 1 saturated heterocycles. The molecule has 2 aliphatic carbocycles. The summed E-state index contributed by atoms with van der Waals surface area (Å²) in [4.78, 5) is 15.2. The van der Waals surface area contributed by atoms with Gasteiger partial charge in [0.15, 0.2) is 0 Å². The molecule has 28 heavy (non-hydrogen) atoms. The Labute approximate surface area is 170 Å². The molecule has 3 aliphatic rings. The second kappa shape index (κ2) is 7.22. The number of carbonyl (C=O) groups excluding carboxylic acids is 1. The molecule has 5 nitrogen and oxygen atoms in total. The van der Waals surface area contributed by atoms with Gasteiger partial charge in [-0.1, -0.05) is 32.9 Å². The summed E-state index contributed by atoms with van der Waals surface area (Å²) in [6.45, 7) is 8.75. The van der Waals surface area contributed by atoms with Gasteiger partial charge in [-0.25, -0.2) is 4.31 Å². The van der Waals surface area contributed by atoms with Gasteiger partial charge in [-0.15, -0.1) is 0 Å². The Morgan fingerprint density at radius 2 is 1.89 bits per heavy atom. The Morgan fingerprint density at radius 1 is 1.21 bits per heavy atom. The summed E-state index contributed by atoms with van der Waals surface area (Å²) in [5.41, 5.74) is 2.14.